The van der Waals surface area contributed by atoms with Crippen molar-refractivity contribution in [1.29, 1.82) is 0 Å². The maximum Gasteiger partial charge on any atom is 0.0766 e. The van der Waals surface area contributed by atoms with Gasteiger partial charge >= 0.3 is 0 Å². The second-order valence-corrected chi connectivity index (χ2v) is 3.02. The Hall–Kier alpha value is -0.0400. The minimum atomic E-state index is 0. The van der Waals surface area contributed by atoms with Gasteiger partial charge in [-0.1, -0.05) is 34.6 Å². The Balaban J connectivity index is -0.000000320. The van der Waals surface area contributed by atoms with E-state index >= 15 is 0 Å². The van der Waals surface area contributed by atoms with E-state index in [0.29, 0.717) is 0 Å². The van der Waals surface area contributed by atoms with E-state index in [1.165, 1.54) is 32.2 Å². The Labute approximate surface area is 73.8 Å². The van der Waals surface area contributed by atoms with Crippen molar-refractivity contribution in [2.45, 2.75) is 47.5 Å². The van der Waals surface area contributed by atoms with Gasteiger partial charge in [0, 0.05) is 0 Å². The molecule has 0 atom stereocenters. The third-order valence-electron chi connectivity index (χ3n) is 1.53. The summed E-state index contributed by atoms with van der Waals surface area (Å²) < 4.78 is 0. The largest absolute Gasteiger partial charge is 0.340 e. The normalized spacial score (nSPS) is 8.73. The van der Waals surface area contributed by atoms with Crippen LogP contribution in [0.25, 0.3) is 0 Å². The Morgan fingerprint density at radius 1 is 0.909 bits per heavy atom. The molecular weight excluding hydrogens is 134 g/mol. The van der Waals surface area contributed by atoms with Gasteiger partial charge in [0.05, 0.1) is 20.6 Å². The molecule has 11 heavy (non-hydrogen) atoms. The predicted octanol–water partition coefficient (Wildman–Crippen LogP) is 1.98. The van der Waals surface area contributed by atoms with Gasteiger partial charge in [0.1, 0.15) is 0 Å². The fourth-order valence-electron chi connectivity index (χ4n) is 0.905. The highest BCUT2D eigenvalue weighted by atomic mass is 15.0. The molecule has 0 amide bonds. The highest BCUT2D eigenvalue weighted by molar-refractivity contribution is 4.36. The van der Waals surface area contributed by atoms with Crippen molar-refractivity contribution in [2.75, 3.05) is 20.6 Å². The second kappa shape index (κ2) is 12.6. The van der Waals surface area contributed by atoms with Gasteiger partial charge in [0.15, 0.2) is 0 Å². The minimum Gasteiger partial charge on any atom is -0.340 e. The van der Waals surface area contributed by atoms with Gasteiger partial charge in [-0.05, 0) is 12.8 Å². The summed E-state index contributed by atoms with van der Waals surface area (Å²) in [5.74, 6) is 0. The van der Waals surface area contributed by atoms with E-state index in [0.717, 1.165) is 0 Å². The lowest BCUT2D eigenvalue weighted by Gasteiger charge is -2.05. The fourth-order valence-corrected chi connectivity index (χ4v) is 0.905. The molecule has 1 nitrogen and oxygen atoms in total. The standard InChI is InChI=1S/C8H19N.2CH4/c1-4-5-6-7-8-9(2)3;;/h4-8H2,1-3H3;2*1H4/p+1. The van der Waals surface area contributed by atoms with Crippen molar-refractivity contribution in [3.63, 3.8) is 0 Å². The molecule has 0 aliphatic carbocycles. The lowest BCUT2D eigenvalue weighted by Crippen LogP contribution is -3.05. The molecule has 0 spiro atoms. The summed E-state index contributed by atoms with van der Waals surface area (Å²) in [7, 11) is 4.43. The third kappa shape index (κ3) is 17.8. The molecule has 0 bridgehead atoms. The Bertz CT molecular complexity index is 50.8. The van der Waals surface area contributed by atoms with Gasteiger partial charge in [-0.2, -0.15) is 0 Å². The summed E-state index contributed by atoms with van der Waals surface area (Å²) in [6.45, 7) is 3.59. The number of hydrogen-bond acceptors (Lipinski definition) is 0. The van der Waals surface area contributed by atoms with Crippen molar-refractivity contribution in [3.05, 3.63) is 0 Å². The van der Waals surface area contributed by atoms with Crippen LogP contribution in [0, 0.1) is 0 Å². The topological polar surface area (TPSA) is 4.44 Å². The molecule has 0 aromatic rings. The quantitative estimate of drug-likeness (QED) is 0.590. The van der Waals surface area contributed by atoms with Gasteiger partial charge < -0.3 is 4.90 Å². The van der Waals surface area contributed by atoms with Crippen molar-refractivity contribution >= 4 is 0 Å². The first-order valence-corrected chi connectivity index (χ1v) is 4.06. The van der Waals surface area contributed by atoms with Crippen LogP contribution in [0.2, 0.25) is 0 Å². The predicted molar refractivity (Wildman–Crippen MR) is 55.3 cm³/mol. The van der Waals surface area contributed by atoms with E-state index in [1.54, 1.807) is 4.90 Å². The monoisotopic (exact) mass is 162 g/mol. The van der Waals surface area contributed by atoms with Crippen LogP contribution >= 0.6 is 0 Å². The summed E-state index contributed by atoms with van der Waals surface area (Å²) in [6.07, 6.45) is 5.58. The molecule has 0 heterocycles. The molecule has 0 unspecified atom stereocenters. The van der Waals surface area contributed by atoms with Crippen LogP contribution in [0.3, 0.4) is 0 Å². The molecular formula is C10H28N+. The van der Waals surface area contributed by atoms with E-state index in [4.69, 9.17) is 0 Å². The second-order valence-electron chi connectivity index (χ2n) is 3.02. The number of rotatable bonds is 5. The molecule has 0 saturated heterocycles. The van der Waals surface area contributed by atoms with Crippen molar-refractivity contribution in [2.24, 2.45) is 0 Å². The zero-order chi connectivity index (χ0) is 7.11. The Morgan fingerprint density at radius 3 is 1.82 bits per heavy atom. The number of nitrogens with one attached hydrogen (secondary N) is 1. The average molecular weight is 162 g/mol. The van der Waals surface area contributed by atoms with E-state index in [-0.39, 0.29) is 14.9 Å². The van der Waals surface area contributed by atoms with Crippen molar-refractivity contribution < 1.29 is 4.90 Å². The summed E-state index contributed by atoms with van der Waals surface area (Å²) in [5, 5.41) is 0. The van der Waals surface area contributed by atoms with Gasteiger partial charge in [0.2, 0.25) is 0 Å². The number of unbranched alkanes of at least 4 members (excludes halogenated alkanes) is 3. The maximum absolute atomic E-state index is 2.25. The van der Waals surface area contributed by atoms with Gasteiger partial charge in [0.25, 0.3) is 0 Å². The molecule has 0 aliphatic heterocycles. The summed E-state index contributed by atoms with van der Waals surface area (Å²) >= 11 is 0. The molecule has 1 N–H and O–H groups in total. The summed E-state index contributed by atoms with van der Waals surface area (Å²) in [5.41, 5.74) is 0. The first-order chi connectivity index (χ1) is 4.27. The lowest BCUT2D eigenvalue weighted by molar-refractivity contribution is -0.858. The van der Waals surface area contributed by atoms with Crippen molar-refractivity contribution in [3.8, 4) is 0 Å². The lowest BCUT2D eigenvalue weighted by atomic mass is 10.2. The molecule has 0 aromatic carbocycles. The smallest absolute Gasteiger partial charge is 0.0766 e. The van der Waals surface area contributed by atoms with E-state index in [1.807, 2.05) is 0 Å². The van der Waals surface area contributed by atoms with Crippen LogP contribution in [-0.2, 0) is 0 Å². The zero-order valence-electron chi connectivity index (χ0n) is 7.04. The zero-order valence-corrected chi connectivity index (χ0v) is 7.04. The minimum absolute atomic E-state index is 0. The van der Waals surface area contributed by atoms with Crippen molar-refractivity contribution in [1.82, 2.24) is 0 Å². The first kappa shape index (κ1) is 17.2. The highest BCUT2D eigenvalue weighted by Gasteiger charge is 1.91. The molecule has 0 aromatic heterocycles. The van der Waals surface area contributed by atoms with Crippen LogP contribution < -0.4 is 4.90 Å². The number of quaternary nitrogens is 1. The SMILES string of the molecule is C.C.CCCCCC[NH+](C)C. The highest BCUT2D eigenvalue weighted by Crippen LogP contribution is 1.95. The Morgan fingerprint density at radius 2 is 1.45 bits per heavy atom. The average Bonchev–Trinajstić information content (AvgIpc) is 1.80. The molecule has 0 radical (unpaired) electrons. The fraction of sp³-hybridized carbons (Fsp3) is 1.00. The Kier molecular flexibility index (Phi) is 19.7. The van der Waals surface area contributed by atoms with E-state index < -0.39 is 0 Å². The van der Waals surface area contributed by atoms with Crippen LogP contribution in [0.4, 0.5) is 0 Å². The summed E-state index contributed by atoms with van der Waals surface area (Å²) in [4.78, 5) is 1.58. The molecule has 1 heteroatoms. The van der Waals surface area contributed by atoms with Crippen LogP contribution in [-0.4, -0.2) is 20.6 Å². The van der Waals surface area contributed by atoms with Gasteiger partial charge in [-0.25, -0.2) is 0 Å². The first-order valence-electron chi connectivity index (χ1n) is 4.06. The third-order valence-corrected chi connectivity index (χ3v) is 1.53. The molecule has 0 aliphatic rings. The number of hydrogen-bond donors (Lipinski definition) is 1. The van der Waals surface area contributed by atoms with Gasteiger partial charge in [-0.3, -0.25) is 0 Å². The van der Waals surface area contributed by atoms with Crippen LogP contribution in [0.15, 0.2) is 0 Å². The maximum atomic E-state index is 2.25. The molecule has 72 valence electrons. The van der Waals surface area contributed by atoms with E-state index in [9.17, 15) is 0 Å². The summed E-state index contributed by atoms with van der Waals surface area (Å²) in [6, 6.07) is 0. The van der Waals surface area contributed by atoms with Gasteiger partial charge in [-0.15, -0.1) is 0 Å². The van der Waals surface area contributed by atoms with Crippen LogP contribution in [0.1, 0.15) is 47.5 Å². The van der Waals surface area contributed by atoms with Crippen LogP contribution in [0.5, 0.6) is 0 Å². The molecule has 0 saturated carbocycles. The molecule has 0 fully saturated rings. The molecule has 0 rings (SSSR count). The van der Waals surface area contributed by atoms with E-state index in [2.05, 4.69) is 21.0 Å².